The number of Topliss-reactive ketones (excluding diaryl/α,β-unsaturated/α-hetero) is 2. The lowest BCUT2D eigenvalue weighted by atomic mass is 9.49. The molecular formula is C23H32O2. The number of carbonyl (C=O) groups excluding carboxylic acids is 2. The summed E-state index contributed by atoms with van der Waals surface area (Å²) < 4.78 is 0. The predicted octanol–water partition coefficient (Wildman–Crippen LogP) is 5.61. The summed E-state index contributed by atoms with van der Waals surface area (Å²) in [7, 11) is 0. The first-order valence-electron chi connectivity index (χ1n) is 9.80. The van der Waals surface area contributed by atoms with Crippen LogP contribution < -0.4 is 0 Å². The zero-order valence-corrected chi connectivity index (χ0v) is 16.7. The molecule has 2 aliphatic carbocycles. The number of benzene rings is 1. The zero-order valence-electron chi connectivity index (χ0n) is 16.7. The molecule has 0 N–H and O–H groups in total. The fourth-order valence-electron chi connectivity index (χ4n) is 5.74. The molecule has 2 nitrogen and oxygen atoms in total. The van der Waals surface area contributed by atoms with Crippen molar-refractivity contribution in [1.82, 2.24) is 0 Å². The fourth-order valence-corrected chi connectivity index (χ4v) is 5.74. The zero-order chi connectivity index (χ0) is 18.6. The lowest BCUT2D eigenvalue weighted by Crippen LogP contribution is -2.51. The smallest absolute Gasteiger partial charge is 0.160 e. The molecule has 1 aromatic rings. The van der Waals surface area contributed by atoms with Gasteiger partial charge in [0.2, 0.25) is 0 Å². The van der Waals surface area contributed by atoms with E-state index < -0.39 is 0 Å². The summed E-state index contributed by atoms with van der Waals surface area (Å²) in [6.07, 6.45) is 5.31. The maximum Gasteiger partial charge on any atom is 0.160 e. The summed E-state index contributed by atoms with van der Waals surface area (Å²) in [5, 5.41) is 0. The Labute approximate surface area is 152 Å². The molecule has 0 saturated heterocycles. The average Bonchev–Trinajstić information content (AvgIpc) is 2.53. The van der Waals surface area contributed by atoms with Gasteiger partial charge in [0.15, 0.2) is 5.78 Å². The maximum atomic E-state index is 12.5. The number of rotatable bonds is 3. The molecule has 3 atom stereocenters. The van der Waals surface area contributed by atoms with E-state index in [9.17, 15) is 9.59 Å². The lowest BCUT2D eigenvalue weighted by molar-refractivity contribution is -0.134. The minimum absolute atomic E-state index is 0.00592. The van der Waals surface area contributed by atoms with Gasteiger partial charge in [-0.3, -0.25) is 9.59 Å². The average molecular weight is 341 g/mol. The number of carbonyl (C=O) groups is 2. The summed E-state index contributed by atoms with van der Waals surface area (Å²) in [5.41, 5.74) is 4.58. The SMILES string of the molecule is CC(=O)c1cc2c(cc1C(C)C)CCC1C(C)(C(C)=O)CCCC21C. The van der Waals surface area contributed by atoms with Crippen LogP contribution in [0.2, 0.25) is 0 Å². The first-order chi connectivity index (χ1) is 11.6. The van der Waals surface area contributed by atoms with Crippen LogP contribution in [-0.2, 0) is 16.6 Å². The van der Waals surface area contributed by atoms with E-state index >= 15 is 0 Å². The number of fused-ring (bicyclic) bond motifs is 3. The van der Waals surface area contributed by atoms with Gasteiger partial charge in [-0.25, -0.2) is 0 Å². The van der Waals surface area contributed by atoms with E-state index in [1.807, 2.05) is 0 Å². The Kier molecular flexibility index (Phi) is 4.46. The van der Waals surface area contributed by atoms with E-state index in [2.05, 4.69) is 39.8 Å². The van der Waals surface area contributed by atoms with Crippen molar-refractivity contribution in [2.45, 2.75) is 85.0 Å². The van der Waals surface area contributed by atoms with Crippen molar-refractivity contribution in [1.29, 1.82) is 0 Å². The topological polar surface area (TPSA) is 34.1 Å². The van der Waals surface area contributed by atoms with Crippen molar-refractivity contribution in [3.05, 3.63) is 34.4 Å². The van der Waals surface area contributed by atoms with Gasteiger partial charge in [-0.15, -0.1) is 0 Å². The monoisotopic (exact) mass is 340 g/mol. The normalized spacial score (nSPS) is 31.4. The number of hydrogen-bond acceptors (Lipinski definition) is 2. The Morgan fingerprint density at radius 2 is 1.80 bits per heavy atom. The van der Waals surface area contributed by atoms with Gasteiger partial charge in [0.25, 0.3) is 0 Å². The molecule has 136 valence electrons. The second-order valence-corrected chi connectivity index (χ2v) is 9.14. The standard InChI is InChI=1S/C23H32O2/c1-14(2)18-12-17-8-9-21-22(5,16(4)25)10-7-11-23(21,6)20(17)13-19(18)15(3)24/h12-14,21H,7-11H2,1-6H3. The molecule has 1 aromatic carbocycles. The lowest BCUT2D eigenvalue weighted by Gasteiger charge is -2.54. The third kappa shape index (κ3) is 2.69. The summed E-state index contributed by atoms with van der Waals surface area (Å²) in [6, 6.07) is 4.48. The molecule has 0 bridgehead atoms. The Morgan fingerprint density at radius 1 is 1.12 bits per heavy atom. The van der Waals surface area contributed by atoms with Gasteiger partial charge in [-0.1, -0.05) is 40.2 Å². The quantitative estimate of drug-likeness (QED) is 0.670. The van der Waals surface area contributed by atoms with Gasteiger partial charge < -0.3 is 0 Å². The minimum Gasteiger partial charge on any atom is -0.299 e. The molecule has 0 heterocycles. The third-order valence-corrected chi connectivity index (χ3v) is 7.33. The van der Waals surface area contributed by atoms with Crippen LogP contribution in [-0.4, -0.2) is 11.6 Å². The van der Waals surface area contributed by atoms with Crippen molar-refractivity contribution in [2.24, 2.45) is 11.3 Å². The van der Waals surface area contributed by atoms with Crippen LogP contribution in [0.5, 0.6) is 0 Å². The highest BCUT2D eigenvalue weighted by Gasteiger charge is 2.53. The molecule has 3 rings (SSSR count). The Bertz CT molecular complexity index is 730. The van der Waals surface area contributed by atoms with Crippen molar-refractivity contribution < 1.29 is 9.59 Å². The van der Waals surface area contributed by atoms with Crippen molar-refractivity contribution in [3.63, 3.8) is 0 Å². The highest BCUT2D eigenvalue weighted by Crippen LogP contribution is 2.57. The van der Waals surface area contributed by atoms with Crippen LogP contribution in [0.4, 0.5) is 0 Å². The van der Waals surface area contributed by atoms with Gasteiger partial charge in [0.1, 0.15) is 5.78 Å². The molecule has 1 saturated carbocycles. The maximum absolute atomic E-state index is 12.5. The molecule has 3 unspecified atom stereocenters. The largest absolute Gasteiger partial charge is 0.299 e. The van der Waals surface area contributed by atoms with E-state index in [4.69, 9.17) is 0 Å². The summed E-state index contributed by atoms with van der Waals surface area (Å²) in [4.78, 5) is 24.8. The highest BCUT2D eigenvalue weighted by atomic mass is 16.1. The molecule has 0 spiro atoms. The molecule has 25 heavy (non-hydrogen) atoms. The van der Waals surface area contributed by atoms with E-state index in [-0.39, 0.29) is 16.6 Å². The van der Waals surface area contributed by atoms with E-state index in [0.29, 0.717) is 17.6 Å². The first-order valence-corrected chi connectivity index (χ1v) is 9.80. The number of aryl methyl sites for hydroxylation is 1. The Hall–Kier alpha value is -1.44. The van der Waals surface area contributed by atoms with Crippen LogP contribution in [0.3, 0.4) is 0 Å². The molecule has 1 fully saturated rings. The van der Waals surface area contributed by atoms with Crippen LogP contribution >= 0.6 is 0 Å². The third-order valence-electron chi connectivity index (χ3n) is 7.33. The van der Waals surface area contributed by atoms with Crippen LogP contribution in [0.15, 0.2) is 12.1 Å². The van der Waals surface area contributed by atoms with Gasteiger partial charge in [0.05, 0.1) is 0 Å². The molecule has 0 amide bonds. The molecule has 0 radical (unpaired) electrons. The van der Waals surface area contributed by atoms with E-state index in [1.54, 1.807) is 13.8 Å². The van der Waals surface area contributed by atoms with Crippen molar-refractivity contribution in [3.8, 4) is 0 Å². The summed E-state index contributed by atoms with van der Waals surface area (Å²) in [5.74, 6) is 1.21. The van der Waals surface area contributed by atoms with E-state index in [0.717, 1.165) is 37.7 Å². The first kappa shape index (κ1) is 18.4. The molecule has 2 aliphatic rings. The van der Waals surface area contributed by atoms with Crippen LogP contribution in [0.25, 0.3) is 0 Å². The number of ketones is 2. The van der Waals surface area contributed by atoms with Crippen molar-refractivity contribution >= 4 is 11.6 Å². The Balaban J connectivity index is 2.19. The van der Waals surface area contributed by atoms with Crippen LogP contribution in [0.1, 0.15) is 100 Å². The molecule has 2 heteroatoms. The predicted molar refractivity (Wildman–Crippen MR) is 102 cm³/mol. The van der Waals surface area contributed by atoms with Gasteiger partial charge in [-0.05, 0) is 79.5 Å². The van der Waals surface area contributed by atoms with Gasteiger partial charge >= 0.3 is 0 Å². The number of hydrogen-bond donors (Lipinski definition) is 0. The van der Waals surface area contributed by atoms with E-state index in [1.165, 1.54) is 16.7 Å². The highest BCUT2D eigenvalue weighted by molar-refractivity contribution is 5.96. The van der Waals surface area contributed by atoms with Gasteiger partial charge in [-0.2, -0.15) is 0 Å². The fraction of sp³-hybridized carbons (Fsp3) is 0.652. The molecule has 0 aliphatic heterocycles. The van der Waals surface area contributed by atoms with Crippen LogP contribution in [0, 0.1) is 11.3 Å². The minimum atomic E-state index is -0.224. The second kappa shape index (κ2) is 6.07. The summed E-state index contributed by atoms with van der Waals surface area (Å²) in [6.45, 7) is 12.3. The van der Waals surface area contributed by atoms with Crippen molar-refractivity contribution in [2.75, 3.05) is 0 Å². The molecule has 0 aromatic heterocycles. The molecular weight excluding hydrogens is 308 g/mol. The summed E-state index contributed by atoms with van der Waals surface area (Å²) >= 11 is 0. The van der Waals surface area contributed by atoms with Gasteiger partial charge in [0, 0.05) is 11.0 Å². The Morgan fingerprint density at radius 3 is 2.36 bits per heavy atom. The second-order valence-electron chi connectivity index (χ2n) is 9.14.